The molecule has 0 spiro atoms. The lowest BCUT2D eigenvalue weighted by Gasteiger charge is -2.18. The molecule has 4 rings (SSSR count). The molecular weight excluding hydrogens is 382 g/mol. The maximum absolute atomic E-state index is 12.8. The van der Waals surface area contributed by atoms with Gasteiger partial charge in [-0.25, -0.2) is 4.98 Å². The molecule has 2 aromatic carbocycles. The number of nitrogens with zero attached hydrogens (tertiary/aromatic N) is 3. The highest BCUT2D eigenvalue weighted by molar-refractivity contribution is 6.33. The van der Waals surface area contributed by atoms with Gasteiger partial charge in [-0.2, -0.15) is 0 Å². The number of halogens is 1. The van der Waals surface area contributed by atoms with E-state index in [-0.39, 0.29) is 11.8 Å². The molecule has 152 valence electrons. The van der Waals surface area contributed by atoms with Crippen molar-refractivity contribution in [3.63, 3.8) is 0 Å². The van der Waals surface area contributed by atoms with Crippen LogP contribution in [0.15, 0.2) is 48.5 Å². The van der Waals surface area contributed by atoms with Gasteiger partial charge in [-0.15, -0.1) is 0 Å². The van der Waals surface area contributed by atoms with Crippen LogP contribution < -0.4 is 4.90 Å². The van der Waals surface area contributed by atoms with Crippen LogP contribution in [0.5, 0.6) is 0 Å². The Labute approximate surface area is 177 Å². The molecule has 1 aliphatic rings. The number of aromatic nitrogens is 2. The summed E-state index contributed by atoms with van der Waals surface area (Å²) in [6.45, 7) is 3.82. The Morgan fingerprint density at radius 3 is 2.62 bits per heavy atom. The van der Waals surface area contributed by atoms with Crippen molar-refractivity contribution < 1.29 is 4.79 Å². The summed E-state index contributed by atoms with van der Waals surface area (Å²) in [6.07, 6.45) is 6.67. The molecule has 0 bridgehead atoms. The van der Waals surface area contributed by atoms with E-state index in [1.165, 1.54) is 31.2 Å². The summed E-state index contributed by atoms with van der Waals surface area (Å²) in [5.74, 6) is 1.23. The molecule has 0 N–H and O–H groups in total. The van der Waals surface area contributed by atoms with Crippen molar-refractivity contribution in [2.24, 2.45) is 0 Å². The monoisotopic (exact) mass is 409 g/mol. The van der Waals surface area contributed by atoms with Crippen LogP contribution in [0, 0.1) is 0 Å². The van der Waals surface area contributed by atoms with Crippen molar-refractivity contribution >= 4 is 34.2 Å². The summed E-state index contributed by atoms with van der Waals surface area (Å²) in [6, 6.07) is 15.9. The van der Waals surface area contributed by atoms with Gasteiger partial charge in [0.1, 0.15) is 5.82 Å². The van der Waals surface area contributed by atoms with Crippen LogP contribution in [0.2, 0.25) is 5.02 Å². The van der Waals surface area contributed by atoms with Gasteiger partial charge in [-0.3, -0.25) is 4.79 Å². The lowest BCUT2D eigenvalue weighted by atomic mass is 10.1. The number of benzene rings is 2. The normalized spacial score (nSPS) is 16.8. The topological polar surface area (TPSA) is 38.1 Å². The van der Waals surface area contributed by atoms with Crippen molar-refractivity contribution in [2.45, 2.75) is 57.9 Å². The van der Waals surface area contributed by atoms with E-state index >= 15 is 0 Å². The zero-order chi connectivity index (χ0) is 20.2. The number of carbonyl (C=O) groups excluding carboxylic acids is 1. The molecule has 3 aromatic rings. The number of carbonyl (C=O) groups is 1. The molecule has 0 saturated carbocycles. The molecule has 0 radical (unpaired) electrons. The first-order valence-electron chi connectivity index (χ1n) is 10.7. The Kier molecular flexibility index (Phi) is 6.19. The van der Waals surface area contributed by atoms with E-state index in [0.29, 0.717) is 18.0 Å². The molecular formula is C24H28ClN3O. The van der Waals surface area contributed by atoms with E-state index in [2.05, 4.69) is 29.7 Å². The minimum absolute atomic E-state index is 0.0850. The van der Waals surface area contributed by atoms with Gasteiger partial charge in [0, 0.05) is 25.4 Å². The van der Waals surface area contributed by atoms with Gasteiger partial charge in [0.15, 0.2) is 0 Å². The highest BCUT2D eigenvalue weighted by Gasteiger charge is 2.35. The number of para-hydroxylation sites is 3. The summed E-state index contributed by atoms with van der Waals surface area (Å²) in [7, 11) is 0. The Hall–Kier alpha value is -2.33. The number of hydrogen-bond acceptors (Lipinski definition) is 2. The molecule has 5 heteroatoms. The molecule has 2 heterocycles. The number of imidazole rings is 1. The Bertz CT molecular complexity index is 997. The third-order valence-electron chi connectivity index (χ3n) is 5.80. The van der Waals surface area contributed by atoms with Crippen molar-refractivity contribution in [1.29, 1.82) is 0 Å². The van der Waals surface area contributed by atoms with E-state index in [0.717, 1.165) is 30.0 Å². The third kappa shape index (κ3) is 4.18. The molecule has 1 aromatic heterocycles. The lowest BCUT2D eigenvalue weighted by Crippen LogP contribution is -2.24. The largest absolute Gasteiger partial charge is 0.328 e. The number of rotatable bonds is 8. The second-order valence-corrected chi connectivity index (χ2v) is 8.29. The van der Waals surface area contributed by atoms with E-state index in [1.807, 2.05) is 35.2 Å². The highest BCUT2D eigenvalue weighted by atomic mass is 35.5. The Morgan fingerprint density at radius 1 is 1.03 bits per heavy atom. The molecule has 1 fully saturated rings. The van der Waals surface area contributed by atoms with E-state index in [1.54, 1.807) is 0 Å². The molecule has 1 atom stereocenters. The number of amides is 1. The van der Waals surface area contributed by atoms with Gasteiger partial charge in [-0.1, -0.05) is 68.5 Å². The highest BCUT2D eigenvalue weighted by Crippen LogP contribution is 2.36. The summed E-state index contributed by atoms with van der Waals surface area (Å²) < 4.78 is 2.34. The summed E-state index contributed by atoms with van der Waals surface area (Å²) >= 11 is 6.35. The van der Waals surface area contributed by atoms with Crippen LogP contribution in [0.25, 0.3) is 11.0 Å². The summed E-state index contributed by atoms with van der Waals surface area (Å²) in [5, 5.41) is 0.617. The van der Waals surface area contributed by atoms with E-state index in [9.17, 15) is 4.79 Å². The molecule has 1 amide bonds. The van der Waals surface area contributed by atoms with Crippen LogP contribution in [0.3, 0.4) is 0 Å². The molecule has 0 aliphatic carbocycles. The molecule has 4 nitrogen and oxygen atoms in total. The molecule has 1 aliphatic heterocycles. The number of unbranched alkanes of at least 4 members (excludes halogenated alkanes) is 4. The number of fused-ring (bicyclic) bond motifs is 1. The minimum atomic E-state index is 0.0850. The predicted octanol–water partition coefficient (Wildman–Crippen LogP) is 6.18. The first-order valence-corrected chi connectivity index (χ1v) is 11.1. The van der Waals surface area contributed by atoms with Crippen LogP contribution in [-0.4, -0.2) is 22.0 Å². The SMILES string of the molecule is CCCCCCCn1c(C2CC(=O)N(c3ccccc3Cl)C2)nc2ccccc21. The lowest BCUT2D eigenvalue weighted by molar-refractivity contribution is -0.117. The first-order chi connectivity index (χ1) is 14.2. The fraction of sp³-hybridized carbons (Fsp3) is 0.417. The van der Waals surface area contributed by atoms with Crippen LogP contribution in [0.4, 0.5) is 5.69 Å². The zero-order valence-electron chi connectivity index (χ0n) is 17.0. The first kappa shape index (κ1) is 20.0. The summed E-state index contributed by atoms with van der Waals surface area (Å²) in [5.41, 5.74) is 2.98. The van der Waals surface area contributed by atoms with E-state index in [4.69, 9.17) is 16.6 Å². The number of hydrogen-bond donors (Lipinski definition) is 0. The number of anilines is 1. The van der Waals surface area contributed by atoms with Gasteiger partial charge in [-0.05, 0) is 30.7 Å². The fourth-order valence-corrected chi connectivity index (χ4v) is 4.54. The predicted molar refractivity (Wildman–Crippen MR) is 120 cm³/mol. The average Bonchev–Trinajstić information content (AvgIpc) is 3.29. The van der Waals surface area contributed by atoms with Crippen LogP contribution in [-0.2, 0) is 11.3 Å². The Morgan fingerprint density at radius 2 is 1.79 bits per heavy atom. The third-order valence-corrected chi connectivity index (χ3v) is 6.12. The molecule has 1 saturated heterocycles. The van der Waals surface area contributed by atoms with Gasteiger partial charge in [0.25, 0.3) is 0 Å². The van der Waals surface area contributed by atoms with Crippen LogP contribution in [0.1, 0.15) is 57.2 Å². The second kappa shape index (κ2) is 9.00. The van der Waals surface area contributed by atoms with Gasteiger partial charge >= 0.3 is 0 Å². The zero-order valence-corrected chi connectivity index (χ0v) is 17.7. The quantitative estimate of drug-likeness (QED) is 0.416. The fourth-order valence-electron chi connectivity index (χ4n) is 4.30. The van der Waals surface area contributed by atoms with Gasteiger partial charge in [0.05, 0.1) is 21.7 Å². The van der Waals surface area contributed by atoms with Crippen molar-refractivity contribution in [3.8, 4) is 0 Å². The van der Waals surface area contributed by atoms with Gasteiger partial charge < -0.3 is 9.47 Å². The average molecular weight is 410 g/mol. The maximum Gasteiger partial charge on any atom is 0.227 e. The van der Waals surface area contributed by atoms with Crippen LogP contribution >= 0.6 is 11.6 Å². The molecule has 1 unspecified atom stereocenters. The second-order valence-electron chi connectivity index (χ2n) is 7.88. The molecule has 29 heavy (non-hydrogen) atoms. The van der Waals surface area contributed by atoms with Crippen molar-refractivity contribution in [3.05, 3.63) is 59.4 Å². The van der Waals surface area contributed by atoms with Gasteiger partial charge in [0.2, 0.25) is 5.91 Å². The van der Waals surface area contributed by atoms with E-state index < -0.39 is 0 Å². The Balaban J connectivity index is 1.59. The van der Waals surface area contributed by atoms with Crippen molar-refractivity contribution in [2.75, 3.05) is 11.4 Å². The standard InChI is InChI=1S/C24H28ClN3O/c1-2-3-4-5-10-15-27-22-14-9-7-12-20(22)26-24(27)18-16-23(29)28(17-18)21-13-8-6-11-19(21)25/h6-9,11-14,18H,2-5,10,15-17H2,1H3. The smallest absolute Gasteiger partial charge is 0.227 e. The number of aryl methyl sites for hydroxylation is 1. The summed E-state index contributed by atoms with van der Waals surface area (Å²) in [4.78, 5) is 19.6. The van der Waals surface area contributed by atoms with Crippen molar-refractivity contribution in [1.82, 2.24) is 9.55 Å². The minimum Gasteiger partial charge on any atom is -0.328 e. The maximum atomic E-state index is 12.8.